The molecule has 1 N–H and O–H groups in total. The zero-order valence-corrected chi connectivity index (χ0v) is 14.9. The lowest BCUT2D eigenvalue weighted by Crippen LogP contribution is -2.69. The largest absolute Gasteiger partial charge is 0.373 e. The van der Waals surface area contributed by atoms with Crippen LogP contribution in [0.1, 0.15) is 19.4 Å². The molecule has 2 aliphatic rings. The highest BCUT2D eigenvalue weighted by molar-refractivity contribution is 7.80. The summed E-state index contributed by atoms with van der Waals surface area (Å²) >= 11 is 5.14. The fourth-order valence-electron chi connectivity index (χ4n) is 3.53. The molecule has 0 bridgehead atoms. The van der Waals surface area contributed by atoms with Crippen molar-refractivity contribution in [2.24, 2.45) is 5.41 Å². The molecule has 3 rings (SSSR count). The van der Waals surface area contributed by atoms with Gasteiger partial charge in [0.15, 0.2) is 5.11 Å². The average Bonchev–Trinajstić information content (AvgIpc) is 2.52. The van der Waals surface area contributed by atoms with E-state index in [0.717, 1.165) is 5.69 Å². The number of hydrogen-bond donors (Lipinski definition) is 1. The molecule has 2 aliphatic heterocycles. The van der Waals surface area contributed by atoms with E-state index in [4.69, 9.17) is 12.2 Å². The van der Waals surface area contributed by atoms with Crippen LogP contribution in [0.4, 0.5) is 11.4 Å². The van der Waals surface area contributed by atoms with Gasteiger partial charge in [0, 0.05) is 37.5 Å². The second-order valence-corrected chi connectivity index (χ2v) is 7.10. The van der Waals surface area contributed by atoms with E-state index in [1.54, 1.807) is 18.0 Å². The number of benzene rings is 1. The summed E-state index contributed by atoms with van der Waals surface area (Å²) in [7, 11) is 1.76. The summed E-state index contributed by atoms with van der Waals surface area (Å²) < 4.78 is 0. The van der Waals surface area contributed by atoms with Crippen molar-refractivity contribution in [3.05, 3.63) is 33.9 Å². The van der Waals surface area contributed by atoms with Crippen LogP contribution < -0.4 is 10.2 Å². The van der Waals surface area contributed by atoms with Crippen molar-refractivity contribution in [3.63, 3.8) is 0 Å². The van der Waals surface area contributed by atoms with Gasteiger partial charge in [-0.1, -0.05) is 0 Å². The summed E-state index contributed by atoms with van der Waals surface area (Å²) in [5.41, 5.74) is -0.0306. The van der Waals surface area contributed by atoms with E-state index in [9.17, 15) is 19.7 Å². The molecule has 132 valence electrons. The van der Waals surface area contributed by atoms with Crippen LogP contribution in [0.2, 0.25) is 0 Å². The van der Waals surface area contributed by atoms with Gasteiger partial charge in [-0.25, -0.2) is 0 Å². The number of anilines is 1. The van der Waals surface area contributed by atoms with Crippen LogP contribution in [-0.2, 0) is 16.0 Å². The smallest absolute Gasteiger partial charge is 0.269 e. The van der Waals surface area contributed by atoms with Crippen molar-refractivity contribution in [2.45, 2.75) is 26.3 Å². The van der Waals surface area contributed by atoms with Crippen molar-refractivity contribution in [3.8, 4) is 0 Å². The lowest BCUT2D eigenvalue weighted by molar-refractivity contribution is -0.384. The number of rotatable bonds is 2. The summed E-state index contributed by atoms with van der Waals surface area (Å²) in [6.45, 7) is 3.83. The van der Waals surface area contributed by atoms with Crippen molar-refractivity contribution in [1.82, 2.24) is 10.2 Å². The minimum absolute atomic E-state index is 0.0656. The van der Waals surface area contributed by atoms with Crippen LogP contribution in [0.15, 0.2) is 18.2 Å². The van der Waals surface area contributed by atoms with E-state index in [2.05, 4.69) is 5.32 Å². The van der Waals surface area contributed by atoms with Crippen LogP contribution in [0, 0.1) is 15.5 Å². The molecule has 0 saturated carbocycles. The van der Waals surface area contributed by atoms with Gasteiger partial charge >= 0.3 is 0 Å². The molecular formula is C16H18N4O4S. The van der Waals surface area contributed by atoms with E-state index < -0.39 is 16.2 Å². The third kappa shape index (κ3) is 2.55. The Labute approximate surface area is 149 Å². The highest BCUT2D eigenvalue weighted by Crippen LogP contribution is 2.40. The van der Waals surface area contributed by atoms with E-state index in [1.165, 1.54) is 17.0 Å². The van der Waals surface area contributed by atoms with Gasteiger partial charge in [-0.05, 0) is 44.1 Å². The first-order valence-electron chi connectivity index (χ1n) is 7.85. The number of fused-ring (bicyclic) bond motifs is 1. The molecule has 8 nitrogen and oxygen atoms in total. The summed E-state index contributed by atoms with van der Waals surface area (Å²) in [6.07, 6.45) is 0.102. The Kier molecular flexibility index (Phi) is 3.98. The number of thiocarbonyl (C=S) groups is 1. The Morgan fingerprint density at radius 3 is 2.64 bits per heavy atom. The minimum atomic E-state index is -1.34. The molecule has 2 heterocycles. The maximum Gasteiger partial charge on any atom is 0.269 e. The highest BCUT2D eigenvalue weighted by atomic mass is 32.1. The Hall–Kier alpha value is -2.55. The third-order valence-corrected chi connectivity index (χ3v) is 5.00. The van der Waals surface area contributed by atoms with Gasteiger partial charge in [0.2, 0.25) is 11.8 Å². The Morgan fingerprint density at radius 2 is 2.04 bits per heavy atom. The van der Waals surface area contributed by atoms with Crippen LogP contribution in [0.25, 0.3) is 0 Å². The van der Waals surface area contributed by atoms with Crippen molar-refractivity contribution in [1.29, 1.82) is 0 Å². The molecule has 1 atom stereocenters. The number of nitrogens with zero attached hydrogens (tertiary/aromatic N) is 3. The maximum atomic E-state index is 13.2. The maximum absolute atomic E-state index is 13.2. The molecule has 0 radical (unpaired) electrons. The molecule has 0 aromatic heterocycles. The van der Waals surface area contributed by atoms with Gasteiger partial charge < -0.3 is 10.2 Å². The molecule has 0 unspecified atom stereocenters. The fraction of sp³-hybridized carbons (Fsp3) is 0.438. The zero-order chi connectivity index (χ0) is 18.5. The van der Waals surface area contributed by atoms with E-state index in [0.29, 0.717) is 5.56 Å². The number of nitro benzene ring substituents is 1. The van der Waals surface area contributed by atoms with Gasteiger partial charge in [0.05, 0.1) is 4.92 Å². The predicted molar refractivity (Wildman–Crippen MR) is 95.2 cm³/mol. The lowest BCUT2D eigenvalue weighted by atomic mass is 9.74. The normalized spacial score (nSPS) is 23.1. The van der Waals surface area contributed by atoms with Crippen molar-refractivity contribution < 1.29 is 14.5 Å². The van der Waals surface area contributed by atoms with Crippen molar-refractivity contribution in [2.75, 3.05) is 18.5 Å². The van der Waals surface area contributed by atoms with Gasteiger partial charge in [-0.15, -0.1) is 0 Å². The number of carbonyl (C=O) groups is 2. The molecule has 1 aromatic carbocycles. The van der Waals surface area contributed by atoms with Gasteiger partial charge in [-0.3, -0.25) is 24.6 Å². The third-order valence-electron chi connectivity index (χ3n) is 4.70. The Bertz CT molecular complexity index is 809. The van der Waals surface area contributed by atoms with E-state index in [-0.39, 0.29) is 35.7 Å². The Balaban J connectivity index is 2.09. The van der Waals surface area contributed by atoms with Crippen LogP contribution >= 0.6 is 12.2 Å². The molecule has 1 spiro atoms. The standard InChI is InChI=1S/C16H18N4O4S/c1-9(2)19-14(22)16(13(21)17-15(19)25)7-10-6-11(20(23)24)4-5-12(10)18(3)8-16/h4-6,9H,7-8H2,1-3H3,(H,17,21,25)/t16-/m1/s1. The van der Waals surface area contributed by atoms with Crippen LogP contribution in [-0.4, -0.2) is 46.4 Å². The SMILES string of the molecule is CC(C)N1C(=O)[C@@]2(Cc3cc([N+](=O)[O-])ccc3N(C)C2)C(=O)NC1=S. The summed E-state index contributed by atoms with van der Waals surface area (Å²) in [5.74, 6) is -0.816. The first kappa shape index (κ1) is 17.3. The molecule has 1 saturated heterocycles. The lowest BCUT2D eigenvalue weighted by Gasteiger charge is -2.47. The van der Waals surface area contributed by atoms with Crippen LogP contribution in [0.3, 0.4) is 0 Å². The summed E-state index contributed by atoms with van der Waals surface area (Å²) in [4.78, 5) is 39.7. The van der Waals surface area contributed by atoms with Crippen molar-refractivity contribution >= 4 is 40.5 Å². The molecule has 1 aromatic rings. The molecule has 1 fully saturated rings. The molecule has 9 heteroatoms. The van der Waals surface area contributed by atoms with Gasteiger partial charge in [0.1, 0.15) is 5.41 Å². The Morgan fingerprint density at radius 1 is 1.36 bits per heavy atom. The topological polar surface area (TPSA) is 95.8 Å². The molecular weight excluding hydrogens is 344 g/mol. The number of nitro groups is 1. The predicted octanol–water partition coefficient (Wildman–Crippen LogP) is 1.23. The zero-order valence-electron chi connectivity index (χ0n) is 14.1. The number of nitrogens with one attached hydrogen (secondary N) is 1. The quantitative estimate of drug-likeness (QED) is 0.368. The number of carbonyl (C=O) groups excluding carboxylic acids is 2. The first-order valence-corrected chi connectivity index (χ1v) is 8.26. The minimum Gasteiger partial charge on any atom is -0.373 e. The second kappa shape index (κ2) is 5.76. The van der Waals surface area contributed by atoms with Crippen LogP contribution in [0.5, 0.6) is 0 Å². The molecule has 2 amide bonds. The molecule has 0 aliphatic carbocycles. The summed E-state index contributed by atoms with van der Waals surface area (Å²) in [6, 6.07) is 4.30. The second-order valence-electron chi connectivity index (χ2n) is 6.71. The molecule has 25 heavy (non-hydrogen) atoms. The number of hydrogen-bond acceptors (Lipinski definition) is 6. The number of non-ortho nitro benzene ring substituents is 1. The summed E-state index contributed by atoms with van der Waals surface area (Å²) in [5, 5.41) is 13.8. The highest BCUT2D eigenvalue weighted by Gasteiger charge is 2.55. The van der Waals surface area contributed by atoms with E-state index >= 15 is 0 Å². The van der Waals surface area contributed by atoms with Gasteiger partial charge in [0.25, 0.3) is 5.69 Å². The fourth-order valence-corrected chi connectivity index (χ4v) is 3.92. The monoisotopic (exact) mass is 362 g/mol. The first-order chi connectivity index (χ1) is 11.7. The number of amides is 2. The van der Waals surface area contributed by atoms with E-state index in [1.807, 2.05) is 13.8 Å². The van der Waals surface area contributed by atoms with Gasteiger partial charge in [-0.2, -0.15) is 0 Å². The average molecular weight is 362 g/mol.